The van der Waals surface area contributed by atoms with Crippen molar-refractivity contribution in [2.24, 2.45) is 23.2 Å². The van der Waals surface area contributed by atoms with Gasteiger partial charge in [0, 0.05) is 12.6 Å². The van der Waals surface area contributed by atoms with Crippen LogP contribution in [0.3, 0.4) is 0 Å². The molecule has 1 heteroatoms. The van der Waals surface area contributed by atoms with Crippen LogP contribution < -0.4 is 5.32 Å². The van der Waals surface area contributed by atoms with Gasteiger partial charge >= 0.3 is 0 Å². The highest BCUT2D eigenvalue weighted by molar-refractivity contribution is 5.19. The first-order valence-corrected chi connectivity index (χ1v) is 8.14. The van der Waals surface area contributed by atoms with Crippen molar-refractivity contribution in [1.82, 2.24) is 5.32 Å². The van der Waals surface area contributed by atoms with E-state index in [4.69, 9.17) is 0 Å². The van der Waals surface area contributed by atoms with E-state index in [0.29, 0.717) is 5.41 Å². The zero-order valence-corrected chi connectivity index (χ0v) is 11.8. The van der Waals surface area contributed by atoms with Gasteiger partial charge in [-0.1, -0.05) is 11.6 Å². The molecule has 0 spiro atoms. The lowest BCUT2D eigenvalue weighted by molar-refractivity contribution is -0.0305. The quantitative estimate of drug-likeness (QED) is 0.741. The summed E-state index contributed by atoms with van der Waals surface area (Å²) in [5, 5.41) is 3.64. The topological polar surface area (TPSA) is 12.0 Å². The minimum Gasteiger partial charge on any atom is -0.311 e. The van der Waals surface area contributed by atoms with Gasteiger partial charge in [0.1, 0.15) is 0 Å². The maximum Gasteiger partial charge on any atom is 0.0140 e. The Labute approximate surface area is 111 Å². The molecular weight excluding hydrogens is 218 g/mol. The fourth-order valence-electron chi connectivity index (χ4n) is 5.48. The number of hydrogen-bond acceptors (Lipinski definition) is 1. The van der Waals surface area contributed by atoms with Crippen LogP contribution in [0.5, 0.6) is 0 Å². The molecule has 0 heterocycles. The lowest BCUT2D eigenvalue weighted by atomic mass is 9.48. The Morgan fingerprint density at radius 1 is 1.06 bits per heavy atom. The van der Waals surface area contributed by atoms with Gasteiger partial charge in [0.05, 0.1) is 0 Å². The minimum atomic E-state index is 0.639. The largest absolute Gasteiger partial charge is 0.311 e. The molecule has 0 aromatic rings. The number of hydrogen-bond donors (Lipinski definition) is 1. The van der Waals surface area contributed by atoms with Crippen LogP contribution in [0.1, 0.15) is 58.3 Å². The van der Waals surface area contributed by atoms with Crippen LogP contribution in [-0.4, -0.2) is 12.6 Å². The fourth-order valence-corrected chi connectivity index (χ4v) is 5.48. The third-order valence-corrected chi connectivity index (χ3v) is 6.27. The lowest BCUT2D eigenvalue weighted by Crippen LogP contribution is -2.46. The predicted octanol–water partition coefficient (Wildman–Crippen LogP) is 3.90. The van der Waals surface area contributed by atoms with E-state index in [9.17, 15) is 0 Å². The first-order chi connectivity index (χ1) is 8.73. The van der Waals surface area contributed by atoms with Gasteiger partial charge in [-0.2, -0.15) is 0 Å². The fraction of sp³-hybridized carbons (Fsp3) is 0.882. The second kappa shape index (κ2) is 4.10. The van der Waals surface area contributed by atoms with Crippen LogP contribution in [0.2, 0.25) is 0 Å². The summed E-state index contributed by atoms with van der Waals surface area (Å²) in [6.45, 7) is 3.56. The molecule has 0 aromatic carbocycles. The molecule has 0 saturated heterocycles. The molecule has 0 unspecified atom stereocenters. The normalized spacial score (nSPS) is 46.7. The Bertz CT molecular complexity index is 329. The van der Waals surface area contributed by atoms with E-state index in [-0.39, 0.29) is 0 Å². The summed E-state index contributed by atoms with van der Waals surface area (Å²) in [6.07, 6.45) is 14.6. The smallest absolute Gasteiger partial charge is 0.0140 e. The summed E-state index contributed by atoms with van der Waals surface area (Å²) in [7, 11) is 0. The third kappa shape index (κ3) is 1.95. The minimum absolute atomic E-state index is 0.639. The van der Waals surface area contributed by atoms with Gasteiger partial charge in [-0.15, -0.1) is 0 Å². The van der Waals surface area contributed by atoms with E-state index in [1.807, 2.05) is 0 Å². The Balaban J connectivity index is 1.48. The molecule has 1 nitrogen and oxygen atoms in total. The summed E-state index contributed by atoms with van der Waals surface area (Å²) in [6, 6.07) is 0.852. The molecule has 0 radical (unpaired) electrons. The van der Waals surface area contributed by atoms with E-state index in [0.717, 1.165) is 30.3 Å². The van der Waals surface area contributed by atoms with Crippen molar-refractivity contribution in [3.63, 3.8) is 0 Å². The Hall–Kier alpha value is -0.300. The molecule has 0 aliphatic heterocycles. The molecule has 4 bridgehead atoms. The number of allylic oxidation sites excluding steroid dienone is 1. The summed E-state index contributed by atoms with van der Waals surface area (Å²) in [4.78, 5) is 0. The van der Waals surface area contributed by atoms with Crippen LogP contribution >= 0.6 is 0 Å². The van der Waals surface area contributed by atoms with Gasteiger partial charge in [-0.25, -0.2) is 0 Å². The molecule has 5 fully saturated rings. The van der Waals surface area contributed by atoms with Crippen LogP contribution in [0.15, 0.2) is 11.6 Å². The van der Waals surface area contributed by atoms with Crippen molar-refractivity contribution in [2.75, 3.05) is 6.54 Å². The van der Waals surface area contributed by atoms with Crippen molar-refractivity contribution in [3.8, 4) is 0 Å². The monoisotopic (exact) mass is 245 g/mol. The molecular formula is C17H27N. The Morgan fingerprint density at radius 3 is 2.11 bits per heavy atom. The summed E-state index contributed by atoms with van der Waals surface area (Å²) in [5.41, 5.74) is 2.37. The SMILES string of the molecule is C/C(=C\CNC1CC1)C12CC3CC(CC(C3)C1)C2. The molecule has 0 amide bonds. The van der Waals surface area contributed by atoms with E-state index < -0.39 is 0 Å². The lowest BCUT2D eigenvalue weighted by Gasteiger charge is -2.57. The van der Waals surface area contributed by atoms with Crippen LogP contribution in [-0.2, 0) is 0 Å². The van der Waals surface area contributed by atoms with Crippen molar-refractivity contribution in [2.45, 2.75) is 64.3 Å². The molecule has 5 rings (SSSR count). The van der Waals surface area contributed by atoms with Gasteiger partial charge in [-0.05, 0) is 81.5 Å². The average Bonchev–Trinajstić information content (AvgIpc) is 3.11. The van der Waals surface area contributed by atoms with Gasteiger partial charge in [-0.3, -0.25) is 0 Å². The van der Waals surface area contributed by atoms with E-state index in [1.54, 1.807) is 24.8 Å². The highest BCUT2D eigenvalue weighted by atomic mass is 14.9. The van der Waals surface area contributed by atoms with Crippen LogP contribution in [0.4, 0.5) is 0 Å². The first kappa shape index (κ1) is 11.5. The van der Waals surface area contributed by atoms with E-state index >= 15 is 0 Å². The number of nitrogens with one attached hydrogen (secondary N) is 1. The summed E-state index contributed by atoms with van der Waals surface area (Å²) < 4.78 is 0. The number of rotatable bonds is 4. The second-order valence-corrected chi connectivity index (χ2v) is 7.77. The predicted molar refractivity (Wildman–Crippen MR) is 75.4 cm³/mol. The van der Waals surface area contributed by atoms with Crippen molar-refractivity contribution >= 4 is 0 Å². The third-order valence-electron chi connectivity index (χ3n) is 6.27. The van der Waals surface area contributed by atoms with Crippen LogP contribution in [0.25, 0.3) is 0 Å². The molecule has 1 N–H and O–H groups in total. The van der Waals surface area contributed by atoms with Gasteiger partial charge < -0.3 is 5.32 Å². The standard InChI is InChI=1S/C17H27N/c1-12(4-5-18-16-2-3-16)17-9-13-6-14(10-17)8-15(7-13)11-17/h4,13-16,18H,2-3,5-11H2,1H3/b12-4+. The zero-order chi connectivity index (χ0) is 12.2. The van der Waals surface area contributed by atoms with Gasteiger partial charge in [0.2, 0.25) is 0 Å². The van der Waals surface area contributed by atoms with Gasteiger partial charge in [0.25, 0.3) is 0 Å². The van der Waals surface area contributed by atoms with Gasteiger partial charge in [0.15, 0.2) is 0 Å². The Kier molecular flexibility index (Phi) is 2.62. The van der Waals surface area contributed by atoms with Crippen molar-refractivity contribution in [1.29, 1.82) is 0 Å². The first-order valence-electron chi connectivity index (χ1n) is 8.14. The molecule has 5 aliphatic carbocycles. The average molecular weight is 245 g/mol. The molecule has 18 heavy (non-hydrogen) atoms. The summed E-state index contributed by atoms with van der Waals surface area (Å²) in [5.74, 6) is 3.24. The van der Waals surface area contributed by atoms with E-state index in [1.165, 1.54) is 32.1 Å². The maximum absolute atomic E-state index is 3.64. The highest BCUT2D eigenvalue weighted by Crippen LogP contribution is 2.62. The molecule has 0 aromatic heterocycles. The molecule has 5 aliphatic rings. The maximum atomic E-state index is 3.64. The summed E-state index contributed by atoms with van der Waals surface area (Å²) >= 11 is 0. The molecule has 5 saturated carbocycles. The van der Waals surface area contributed by atoms with E-state index in [2.05, 4.69) is 18.3 Å². The zero-order valence-electron chi connectivity index (χ0n) is 11.8. The van der Waals surface area contributed by atoms with Crippen molar-refractivity contribution in [3.05, 3.63) is 11.6 Å². The van der Waals surface area contributed by atoms with Crippen LogP contribution in [0, 0.1) is 23.2 Å². The highest BCUT2D eigenvalue weighted by Gasteiger charge is 2.51. The molecule has 0 atom stereocenters. The second-order valence-electron chi connectivity index (χ2n) is 7.77. The molecule has 100 valence electrons. The Morgan fingerprint density at radius 2 is 1.61 bits per heavy atom. The van der Waals surface area contributed by atoms with Crippen molar-refractivity contribution < 1.29 is 0 Å².